The van der Waals surface area contributed by atoms with Gasteiger partial charge < -0.3 is 0 Å². The van der Waals surface area contributed by atoms with Gasteiger partial charge in [0.1, 0.15) is 5.69 Å². The zero-order valence-electron chi connectivity index (χ0n) is 18.3. The van der Waals surface area contributed by atoms with E-state index in [2.05, 4.69) is 116 Å². The fourth-order valence-electron chi connectivity index (χ4n) is 3.66. The number of hydrogen-bond acceptors (Lipinski definition) is 1. The van der Waals surface area contributed by atoms with Crippen molar-refractivity contribution in [3.05, 3.63) is 98.5 Å². The molecule has 0 bridgehead atoms. The van der Waals surface area contributed by atoms with Crippen LogP contribution in [0.2, 0.25) is 0 Å². The molecule has 0 unspecified atom stereocenters. The van der Waals surface area contributed by atoms with Crippen molar-refractivity contribution in [1.82, 2.24) is 9.78 Å². The van der Waals surface area contributed by atoms with E-state index in [1.54, 1.807) is 0 Å². The summed E-state index contributed by atoms with van der Waals surface area (Å²) < 4.78 is 3.17. The highest BCUT2D eigenvalue weighted by Crippen LogP contribution is 2.38. The van der Waals surface area contributed by atoms with Crippen molar-refractivity contribution in [3.63, 3.8) is 0 Å². The van der Waals surface area contributed by atoms with Gasteiger partial charge in [-0.1, -0.05) is 54.1 Å². The predicted octanol–water partition coefficient (Wildman–Crippen LogP) is 7.57. The van der Waals surface area contributed by atoms with Crippen molar-refractivity contribution >= 4 is 15.9 Å². The SMILES string of the molecule is Cc1ccc(Cn2nc(-c3ccc(C)c(C)c3)c(Br)c2-c2ccc(C)c(C)c2)cc1. The Morgan fingerprint density at radius 2 is 1.27 bits per heavy atom. The minimum atomic E-state index is 0.728. The average molecular weight is 459 g/mol. The van der Waals surface area contributed by atoms with Crippen LogP contribution in [0.25, 0.3) is 22.5 Å². The molecule has 0 aliphatic heterocycles. The molecule has 0 aliphatic carbocycles. The Labute approximate surface area is 187 Å². The van der Waals surface area contributed by atoms with Crippen molar-refractivity contribution < 1.29 is 0 Å². The molecule has 152 valence electrons. The first-order chi connectivity index (χ1) is 14.3. The Kier molecular flexibility index (Phi) is 5.66. The summed E-state index contributed by atoms with van der Waals surface area (Å²) in [6.45, 7) is 11.5. The van der Waals surface area contributed by atoms with Gasteiger partial charge in [0.05, 0.1) is 16.7 Å². The van der Waals surface area contributed by atoms with E-state index in [4.69, 9.17) is 5.10 Å². The van der Waals surface area contributed by atoms with Crippen LogP contribution in [0.1, 0.15) is 33.4 Å². The minimum absolute atomic E-state index is 0.728. The monoisotopic (exact) mass is 458 g/mol. The van der Waals surface area contributed by atoms with Gasteiger partial charge in [-0.25, -0.2) is 0 Å². The zero-order valence-corrected chi connectivity index (χ0v) is 19.8. The van der Waals surface area contributed by atoms with E-state index in [0.717, 1.165) is 28.0 Å². The highest BCUT2D eigenvalue weighted by atomic mass is 79.9. The van der Waals surface area contributed by atoms with Crippen LogP contribution in [0.3, 0.4) is 0 Å². The molecule has 0 N–H and O–H groups in total. The number of halogens is 1. The summed E-state index contributed by atoms with van der Waals surface area (Å²) >= 11 is 3.90. The van der Waals surface area contributed by atoms with Crippen LogP contribution in [-0.4, -0.2) is 9.78 Å². The van der Waals surface area contributed by atoms with Crippen LogP contribution >= 0.6 is 15.9 Å². The maximum Gasteiger partial charge on any atom is 0.107 e. The smallest absolute Gasteiger partial charge is 0.107 e. The van der Waals surface area contributed by atoms with Crippen molar-refractivity contribution in [3.8, 4) is 22.5 Å². The molecule has 3 heteroatoms. The molecule has 3 aromatic carbocycles. The number of benzene rings is 3. The third-order valence-electron chi connectivity index (χ3n) is 5.91. The van der Waals surface area contributed by atoms with E-state index in [-0.39, 0.29) is 0 Å². The summed E-state index contributed by atoms with van der Waals surface area (Å²) in [5, 5.41) is 5.07. The fraction of sp³-hybridized carbons (Fsp3) is 0.222. The van der Waals surface area contributed by atoms with Gasteiger partial charge in [0, 0.05) is 11.1 Å². The van der Waals surface area contributed by atoms with Crippen molar-refractivity contribution in [2.75, 3.05) is 0 Å². The van der Waals surface area contributed by atoms with Crippen LogP contribution < -0.4 is 0 Å². The second-order valence-corrected chi connectivity index (χ2v) is 9.05. The van der Waals surface area contributed by atoms with Crippen LogP contribution in [0.5, 0.6) is 0 Å². The Bertz CT molecular complexity index is 1220. The molecule has 0 atom stereocenters. The summed E-state index contributed by atoms with van der Waals surface area (Å²) in [7, 11) is 0. The summed E-state index contributed by atoms with van der Waals surface area (Å²) in [5.74, 6) is 0. The number of aromatic nitrogens is 2. The highest BCUT2D eigenvalue weighted by Gasteiger charge is 2.20. The average Bonchev–Trinajstić information content (AvgIpc) is 3.04. The second-order valence-electron chi connectivity index (χ2n) is 8.25. The predicted molar refractivity (Wildman–Crippen MR) is 130 cm³/mol. The Balaban J connectivity index is 1.88. The van der Waals surface area contributed by atoms with Crippen LogP contribution in [-0.2, 0) is 6.54 Å². The van der Waals surface area contributed by atoms with Gasteiger partial charge in [-0.05, 0) is 90.5 Å². The zero-order chi connectivity index (χ0) is 21.4. The normalized spacial score (nSPS) is 11.1. The molecule has 2 nitrogen and oxygen atoms in total. The number of rotatable bonds is 4. The van der Waals surface area contributed by atoms with Gasteiger partial charge in [-0.2, -0.15) is 5.10 Å². The molecule has 0 aliphatic rings. The first-order valence-electron chi connectivity index (χ1n) is 10.3. The van der Waals surface area contributed by atoms with E-state index in [9.17, 15) is 0 Å². The first-order valence-corrected chi connectivity index (χ1v) is 11.1. The molecular formula is C27H27BrN2. The molecule has 0 fully saturated rings. The van der Waals surface area contributed by atoms with E-state index < -0.39 is 0 Å². The number of aryl methyl sites for hydroxylation is 5. The summed E-state index contributed by atoms with van der Waals surface area (Å²) in [6.07, 6.45) is 0. The molecular weight excluding hydrogens is 432 g/mol. The molecule has 30 heavy (non-hydrogen) atoms. The van der Waals surface area contributed by atoms with Gasteiger partial charge in [0.15, 0.2) is 0 Å². The molecule has 4 rings (SSSR count). The molecule has 0 saturated carbocycles. The summed E-state index contributed by atoms with van der Waals surface area (Å²) in [5.41, 5.74) is 12.1. The van der Waals surface area contributed by atoms with Gasteiger partial charge in [-0.3, -0.25) is 4.68 Å². The van der Waals surface area contributed by atoms with Crippen molar-refractivity contribution in [2.45, 2.75) is 41.2 Å². The number of nitrogens with zero attached hydrogens (tertiary/aromatic N) is 2. The van der Waals surface area contributed by atoms with Gasteiger partial charge >= 0.3 is 0 Å². The van der Waals surface area contributed by atoms with Gasteiger partial charge in [0.2, 0.25) is 0 Å². The van der Waals surface area contributed by atoms with E-state index in [1.807, 2.05) is 0 Å². The molecule has 0 spiro atoms. The fourth-order valence-corrected chi connectivity index (χ4v) is 4.40. The van der Waals surface area contributed by atoms with Crippen LogP contribution in [0, 0.1) is 34.6 Å². The minimum Gasteiger partial charge on any atom is -0.259 e. The van der Waals surface area contributed by atoms with E-state index >= 15 is 0 Å². The Hall–Kier alpha value is -2.65. The lowest BCUT2D eigenvalue weighted by Gasteiger charge is -2.10. The largest absolute Gasteiger partial charge is 0.259 e. The van der Waals surface area contributed by atoms with Gasteiger partial charge in [0.25, 0.3) is 0 Å². The lowest BCUT2D eigenvalue weighted by molar-refractivity contribution is 0.696. The molecule has 0 radical (unpaired) electrons. The third-order valence-corrected chi connectivity index (χ3v) is 6.66. The first kappa shape index (κ1) is 20.6. The summed E-state index contributed by atoms with van der Waals surface area (Å²) in [6, 6.07) is 21.9. The standard InChI is InChI=1S/C27H27BrN2/c1-17-6-10-22(11-7-17)16-30-27(24-13-9-19(3)21(5)15-24)25(28)26(29-30)23-12-8-18(2)20(4)14-23/h6-15H,16H2,1-5H3. The quantitative estimate of drug-likeness (QED) is 0.308. The van der Waals surface area contributed by atoms with Crippen molar-refractivity contribution in [2.24, 2.45) is 0 Å². The third kappa shape index (κ3) is 3.99. The van der Waals surface area contributed by atoms with E-state index in [0.29, 0.717) is 0 Å². The molecule has 1 heterocycles. The Morgan fingerprint density at radius 3 is 1.87 bits per heavy atom. The maximum absolute atomic E-state index is 5.07. The van der Waals surface area contributed by atoms with Crippen LogP contribution in [0.4, 0.5) is 0 Å². The Morgan fingerprint density at radius 1 is 0.700 bits per heavy atom. The molecule has 0 amide bonds. The highest BCUT2D eigenvalue weighted by molar-refractivity contribution is 9.10. The lowest BCUT2D eigenvalue weighted by Crippen LogP contribution is -2.04. The number of hydrogen-bond donors (Lipinski definition) is 0. The van der Waals surface area contributed by atoms with E-state index in [1.165, 1.54) is 38.9 Å². The molecule has 4 aromatic rings. The van der Waals surface area contributed by atoms with Gasteiger partial charge in [-0.15, -0.1) is 0 Å². The second kappa shape index (κ2) is 8.23. The molecule has 1 aromatic heterocycles. The topological polar surface area (TPSA) is 17.8 Å². The molecule has 0 saturated heterocycles. The maximum atomic E-state index is 5.07. The van der Waals surface area contributed by atoms with Crippen LogP contribution in [0.15, 0.2) is 65.1 Å². The lowest BCUT2D eigenvalue weighted by atomic mass is 10.0. The van der Waals surface area contributed by atoms with Crippen molar-refractivity contribution in [1.29, 1.82) is 0 Å². The summed E-state index contributed by atoms with van der Waals surface area (Å²) in [4.78, 5) is 0.